The molecule has 0 spiro atoms. The molecule has 2 rings (SSSR count). The molecular weight excluding hydrogens is 411 g/mol. The van der Waals surface area contributed by atoms with Crippen molar-refractivity contribution in [1.29, 1.82) is 0 Å². The summed E-state index contributed by atoms with van der Waals surface area (Å²) in [5.41, 5.74) is 0.628. The van der Waals surface area contributed by atoms with Crippen LogP contribution in [0, 0.1) is 0 Å². The molecule has 29 heavy (non-hydrogen) atoms. The topological polar surface area (TPSA) is 104 Å². The predicted octanol–water partition coefficient (Wildman–Crippen LogP) is 1.82. The van der Waals surface area contributed by atoms with Crippen molar-refractivity contribution in [2.45, 2.75) is 17.5 Å². The SMILES string of the molecule is O=C(Cc1ccccc1)NCCNS(=O)(=O)c1ccc(NC(=O)C(F)(F)F)cc1. The van der Waals surface area contributed by atoms with E-state index in [1.54, 1.807) is 29.6 Å². The van der Waals surface area contributed by atoms with Gasteiger partial charge in [-0.2, -0.15) is 13.2 Å². The van der Waals surface area contributed by atoms with Gasteiger partial charge >= 0.3 is 12.1 Å². The molecule has 156 valence electrons. The molecule has 0 radical (unpaired) electrons. The Hall–Kier alpha value is -2.92. The van der Waals surface area contributed by atoms with Gasteiger partial charge in [-0.1, -0.05) is 30.3 Å². The van der Waals surface area contributed by atoms with E-state index in [9.17, 15) is 31.2 Å². The monoisotopic (exact) mass is 429 g/mol. The van der Waals surface area contributed by atoms with Gasteiger partial charge in [0.2, 0.25) is 15.9 Å². The molecule has 0 saturated heterocycles. The number of amides is 2. The summed E-state index contributed by atoms with van der Waals surface area (Å²) in [6.45, 7) is -0.0138. The predicted molar refractivity (Wildman–Crippen MR) is 99.5 cm³/mol. The van der Waals surface area contributed by atoms with Crippen LogP contribution >= 0.6 is 0 Å². The first-order valence-electron chi connectivity index (χ1n) is 8.36. The van der Waals surface area contributed by atoms with Crippen LogP contribution < -0.4 is 15.4 Å². The van der Waals surface area contributed by atoms with Crippen molar-refractivity contribution in [3.05, 3.63) is 60.2 Å². The Labute approximate surface area is 165 Å². The number of carbonyl (C=O) groups is 2. The molecule has 2 aromatic carbocycles. The Bertz CT molecular complexity index is 947. The van der Waals surface area contributed by atoms with Gasteiger partial charge < -0.3 is 10.6 Å². The Kier molecular flexibility index (Phi) is 7.35. The van der Waals surface area contributed by atoms with E-state index in [0.29, 0.717) is 0 Å². The Morgan fingerprint density at radius 2 is 1.52 bits per heavy atom. The molecule has 0 unspecified atom stereocenters. The molecule has 0 heterocycles. The van der Waals surface area contributed by atoms with Crippen LogP contribution in [0.5, 0.6) is 0 Å². The van der Waals surface area contributed by atoms with E-state index >= 15 is 0 Å². The molecule has 0 saturated carbocycles. The number of nitrogens with one attached hydrogen (secondary N) is 3. The summed E-state index contributed by atoms with van der Waals surface area (Å²) in [5, 5.41) is 4.20. The molecule has 7 nitrogen and oxygen atoms in total. The number of anilines is 1. The zero-order valence-electron chi connectivity index (χ0n) is 15.0. The van der Waals surface area contributed by atoms with Crippen molar-refractivity contribution < 1.29 is 31.2 Å². The first kappa shape index (κ1) is 22.4. The van der Waals surface area contributed by atoms with Crippen LogP contribution in [0.2, 0.25) is 0 Å². The number of sulfonamides is 1. The highest BCUT2D eigenvalue weighted by Gasteiger charge is 2.38. The second-order valence-corrected chi connectivity index (χ2v) is 7.65. The van der Waals surface area contributed by atoms with Gasteiger partial charge in [0.05, 0.1) is 11.3 Å². The standard InChI is InChI=1S/C18H18F3N3O4S/c19-18(20,21)17(26)24-14-6-8-15(9-7-14)29(27,28)23-11-10-22-16(25)12-13-4-2-1-3-5-13/h1-9,23H,10-12H2,(H,22,25)(H,24,26). The van der Waals surface area contributed by atoms with Gasteiger partial charge in [0.25, 0.3) is 0 Å². The molecule has 0 bridgehead atoms. The first-order chi connectivity index (χ1) is 13.6. The number of benzene rings is 2. The minimum atomic E-state index is -5.04. The molecule has 0 aliphatic carbocycles. The maximum Gasteiger partial charge on any atom is 0.471 e. The zero-order chi connectivity index (χ0) is 21.5. The zero-order valence-corrected chi connectivity index (χ0v) is 15.8. The van der Waals surface area contributed by atoms with Gasteiger partial charge in [0.1, 0.15) is 0 Å². The third-order valence-electron chi connectivity index (χ3n) is 3.63. The molecule has 2 amide bonds. The van der Waals surface area contributed by atoms with Crippen LogP contribution in [0.15, 0.2) is 59.5 Å². The molecular formula is C18H18F3N3O4S. The van der Waals surface area contributed by atoms with E-state index in [1.807, 2.05) is 6.07 Å². The third kappa shape index (κ3) is 7.20. The Morgan fingerprint density at radius 3 is 2.10 bits per heavy atom. The van der Waals surface area contributed by atoms with Gasteiger partial charge in [0, 0.05) is 18.8 Å². The number of alkyl halides is 3. The van der Waals surface area contributed by atoms with E-state index < -0.39 is 22.1 Å². The van der Waals surface area contributed by atoms with Gasteiger partial charge in [0.15, 0.2) is 0 Å². The summed E-state index contributed by atoms with van der Waals surface area (Å²) in [5.74, 6) is -2.42. The van der Waals surface area contributed by atoms with Crippen molar-refractivity contribution in [3.63, 3.8) is 0 Å². The van der Waals surface area contributed by atoms with Crippen LogP contribution in [0.1, 0.15) is 5.56 Å². The molecule has 0 fully saturated rings. The maximum atomic E-state index is 12.2. The lowest BCUT2D eigenvalue weighted by atomic mass is 10.1. The van der Waals surface area contributed by atoms with Crippen molar-refractivity contribution in [3.8, 4) is 0 Å². The molecule has 2 aromatic rings. The second-order valence-electron chi connectivity index (χ2n) is 5.89. The van der Waals surface area contributed by atoms with Crippen molar-refractivity contribution in [1.82, 2.24) is 10.0 Å². The quantitative estimate of drug-likeness (QED) is 0.557. The van der Waals surface area contributed by atoms with Crippen LogP contribution in [0.4, 0.5) is 18.9 Å². The minimum absolute atomic E-state index is 0.0601. The lowest BCUT2D eigenvalue weighted by Crippen LogP contribution is -2.35. The van der Waals surface area contributed by atoms with Gasteiger partial charge in [-0.25, -0.2) is 13.1 Å². The van der Waals surface area contributed by atoms with Gasteiger partial charge in [-0.15, -0.1) is 0 Å². The highest BCUT2D eigenvalue weighted by Crippen LogP contribution is 2.19. The molecule has 0 aliphatic heterocycles. The number of hydrogen-bond donors (Lipinski definition) is 3. The summed E-state index contributed by atoms with van der Waals surface area (Å²) in [6.07, 6.45) is -4.88. The maximum absolute atomic E-state index is 12.2. The van der Waals surface area contributed by atoms with E-state index in [4.69, 9.17) is 0 Å². The summed E-state index contributed by atoms with van der Waals surface area (Å²) < 4.78 is 63.2. The fraction of sp³-hybridized carbons (Fsp3) is 0.222. The van der Waals surface area contributed by atoms with Crippen LogP contribution in [0.25, 0.3) is 0 Å². The molecule has 0 atom stereocenters. The molecule has 3 N–H and O–H groups in total. The van der Waals surface area contributed by atoms with Crippen molar-refractivity contribution in [2.75, 3.05) is 18.4 Å². The van der Waals surface area contributed by atoms with E-state index in [1.165, 1.54) is 0 Å². The third-order valence-corrected chi connectivity index (χ3v) is 5.10. The number of halogens is 3. The Morgan fingerprint density at radius 1 is 0.897 bits per heavy atom. The average molecular weight is 429 g/mol. The van der Waals surface area contributed by atoms with Crippen LogP contribution in [-0.4, -0.2) is 39.5 Å². The number of carbonyl (C=O) groups excluding carboxylic acids is 2. The fourth-order valence-electron chi connectivity index (χ4n) is 2.23. The molecule has 0 aromatic heterocycles. The van der Waals surface area contributed by atoms with E-state index in [-0.39, 0.29) is 36.0 Å². The highest BCUT2D eigenvalue weighted by atomic mass is 32.2. The summed E-state index contributed by atoms with van der Waals surface area (Å²) in [4.78, 5) is 22.5. The van der Waals surface area contributed by atoms with E-state index in [2.05, 4.69) is 10.0 Å². The second kappa shape index (κ2) is 9.52. The normalized spacial score (nSPS) is 11.7. The lowest BCUT2D eigenvalue weighted by molar-refractivity contribution is -0.167. The van der Waals surface area contributed by atoms with Gasteiger partial charge in [-0.3, -0.25) is 9.59 Å². The Balaban J connectivity index is 1.81. The fourth-order valence-corrected chi connectivity index (χ4v) is 3.27. The summed E-state index contributed by atoms with van der Waals surface area (Å²) in [6, 6.07) is 13.2. The van der Waals surface area contributed by atoms with Crippen molar-refractivity contribution >= 4 is 27.5 Å². The number of rotatable bonds is 8. The van der Waals surface area contributed by atoms with E-state index in [0.717, 1.165) is 29.8 Å². The molecule has 0 aliphatic rings. The smallest absolute Gasteiger partial charge is 0.355 e. The summed E-state index contributed by atoms with van der Waals surface area (Å²) in [7, 11) is -3.93. The van der Waals surface area contributed by atoms with Crippen LogP contribution in [-0.2, 0) is 26.0 Å². The van der Waals surface area contributed by atoms with Crippen LogP contribution in [0.3, 0.4) is 0 Å². The largest absolute Gasteiger partial charge is 0.471 e. The molecule has 11 heteroatoms. The van der Waals surface area contributed by atoms with Crippen molar-refractivity contribution in [2.24, 2.45) is 0 Å². The number of hydrogen-bond acceptors (Lipinski definition) is 4. The average Bonchev–Trinajstić information content (AvgIpc) is 2.66. The first-order valence-corrected chi connectivity index (χ1v) is 9.85. The highest BCUT2D eigenvalue weighted by molar-refractivity contribution is 7.89. The minimum Gasteiger partial charge on any atom is -0.355 e. The summed E-state index contributed by atoms with van der Waals surface area (Å²) >= 11 is 0. The van der Waals surface area contributed by atoms with Gasteiger partial charge in [-0.05, 0) is 29.8 Å². The lowest BCUT2D eigenvalue weighted by Gasteiger charge is -2.10.